The lowest BCUT2D eigenvalue weighted by Crippen LogP contribution is -2.11. The number of aryl methyl sites for hydroxylation is 1. The zero-order valence-corrected chi connectivity index (χ0v) is 10.3. The van der Waals surface area contributed by atoms with Crippen molar-refractivity contribution < 1.29 is 0 Å². The lowest BCUT2D eigenvalue weighted by atomic mass is 10.5. The Morgan fingerprint density at radius 2 is 2.11 bits per heavy atom. The van der Waals surface area contributed by atoms with Crippen LogP contribution in [0.3, 0.4) is 0 Å². The molecule has 0 bridgehead atoms. The van der Waals surface area contributed by atoms with Crippen molar-refractivity contribution in [1.29, 1.82) is 0 Å². The number of hydrazine groups is 1. The monoisotopic (exact) mass is 265 g/mol. The summed E-state index contributed by atoms with van der Waals surface area (Å²) in [5.74, 6) is 5.73. The van der Waals surface area contributed by atoms with Crippen LogP contribution < -0.4 is 22.6 Å². The van der Waals surface area contributed by atoms with Crippen molar-refractivity contribution in [1.82, 2.24) is 19.9 Å². The van der Waals surface area contributed by atoms with E-state index in [4.69, 9.17) is 11.6 Å². The van der Waals surface area contributed by atoms with Crippen LogP contribution in [-0.4, -0.2) is 19.9 Å². The maximum absolute atomic E-state index is 11.3. The van der Waals surface area contributed by atoms with Crippen LogP contribution in [-0.2, 0) is 0 Å². The summed E-state index contributed by atoms with van der Waals surface area (Å²) in [5.41, 5.74) is 8.31. The molecule has 0 aliphatic rings. The minimum absolute atomic E-state index is 0.0861. The van der Waals surface area contributed by atoms with E-state index < -0.39 is 0 Å². The van der Waals surface area contributed by atoms with Crippen LogP contribution in [0.25, 0.3) is 0 Å². The van der Waals surface area contributed by atoms with E-state index in [-0.39, 0.29) is 11.5 Å². The average molecular weight is 265 g/mol. The number of H-pyrrole nitrogens is 1. The summed E-state index contributed by atoms with van der Waals surface area (Å²) < 4.78 is 0. The fourth-order valence-electron chi connectivity index (χ4n) is 1.27. The quantitative estimate of drug-likeness (QED) is 0.261. The number of aromatic amines is 1. The lowest BCUT2D eigenvalue weighted by molar-refractivity contribution is 0.901. The van der Waals surface area contributed by atoms with Gasteiger partial charge in [-0.05, 0) is 18.7 Å². The van der Waals surface area contributed by atoms with Crippen molar-refractivity contribution in [3.8, 4) is 0 Å². The average Bonchev–Trinajstić information content (AvgIpc) is 2.26. The molecular formula is C9H11N7OS. The number of nitrogens with zero attached hydrogens (tertiary/aromatic N) is 3. The van der Waals surface area contributed by atoms with Gasteiger partial charge in [0.1, 0.15) is 10.8 Å². The Hall–Kier alpha value is -2.13. The zero-order chi connectivity index (χ0) is 13.1. The smallest absolute Gasteiger partial charge is 0.251 e. The van der Waals surface area contributed by atoms with E-state index in [9.17, 15) is 4.79 Å². The van der Waals surface area contributed by atoms with Crippen molar-refractivity contribution >= 4 is 23.5 Å². The molecule has 2 aromatic heterocycles. The summed E-state index contributed by atoms with van der Waals surface area (Å²) in [7, 11) is 0. The number of anilines is 2. The molecule has 6 N–H and O–H groups in total. The standard InChI is InChI=1S/C9H11N7OS/c1-4-2-6(17)14-9(12-4)18-7-3-5(16-11)13-8(10)15-7/h2-3H,11H2,1H3,(H,12,14,17)(H3,10,13,15,16). The molecule has 0 unspecified atom stereocenters. The topological polar surface area (TPSA) is 136 Å². The molecule has 2 heterocycles. The molecule has 0 amide bonds. The Morgan fingerprint density at radius 1 is 1.33 bits per heavy atom. The third-order valence-electron chi connectivity index (χ3n) is 1.92. The van der Waals surface area contributed by atoms with Gasteiger partial charge in [0.2, 0.25) is 5.95 Å². The minimum Gasteiger partial charge on any atom is -0.368 e. The number of hydrogen-bond donors (Lipinski definition) is 4. The second-order valence-corrected chi connectivity index (χ2v) is 4.40. The summed E-state index contributed by atoms with van der Waals surface area (Å²) in [4.78, 5) is 25.9. The van der Waals surface area contributed by atoms with Crippen LogP contribution in [0.1, 0.15) is 5.69 Å². The summed E-state index contributed by atoms with van der Waals surface area (Å²) in [6, 6.07) is 3.01. The molecule has 0 saturated heterocycles. The van der Waals surface area contributed by atoms with Gasteiger partial charge in [-0.2, -0.15) is 4.98 Å². The normalized spacial score (nSPS) is 10.3. The SMILES string of the molecule is Cc1cc(=O)[nH]c(Sc2cc(NN)nc(N)n2)n1. The molecular weight excluding hydrogens is 254 g/mol. The highest BCUT2D eigenvalue weighted by Gasteiger charge is 2.06. The van der Waals surface area contributed by atoms with E-state index in [1.165, 1.54) is 17.8 Å². The highest BCUT2D eigenvalue weighted by Crippen LogP contribution is 2.24. The van der Waals surface area contributed by atoms with Gasteiger partial charge in [0.15, 0.2) is 5.16 Å². The summed E-state index contributed by atoms with van der Waals surface area (Å²) >= 11 is 1.17. The Balaban J connectivity index is 2.33. The number of hydrogen-bond acceptors (Lipinski definition) is 8. The molecule has 0 saturated carbocycles. The van der Waals surface area contributed by atoms with Gasteiger partial charge in [-0.1, -0.05) is 0 Å². The first kappa shape index (κ1) is 12.3. The maximum atomic E-state index is 11.3. The molecule has 2 aromatic rings. The first-order chi connectivity index (χ1) is 8.56. The fourth-order valence-corrected chi connectivity index (χ4v) is 2.12. The minimum atomic E-state index is -0.218. The highest BCUT2D eigenvalue weighted by atomic mass is 32.2. The maximum Gasteiger partial charge on any atom is 0.251 e. The number of rotatable bonds is 3. The fraction of sp³-hybridized carbons (Fsp3) is 0.111. The number of nitrogens with one attached hydrogen (secondary N) is 2. The third kappa shape index (κ3) is 2.96. The predicted molar refractivity (Wildman–Crippen MR) is 68.0 cm³/mol. The zero-order valence-electron chi connectivity index (χ0n) is 9.47. The first-order valence-corrected chi connectivity index (χ1v) is 5.75. The highest BCUT2D eigenvalue weighted by molar-refractivity contribution is 7.99. The van der Waals surface area contributed by atoms with Crippen LogP contribution in [0.2, 0.25) is 0 Å². The van der Waals surface area contributed by atoms with Crippen LogP contribution in [0.4, 0.5) is 11.8 Å². The molecule has 0 aliphatic heterocycles. The van der Waals surface area contributed by atoms with Crippen LogP contribution in [0.15, 0.2) is 27.1 Å². The van der Waals surface area contributed by atoms with E-state index in [0.29, 0.717) is 21.7 Å². The van der Waals surface area contributed by atoms with Gasteiger partial charge in [-0.25, -0.2) is 15.8 Å². The number of nitrogen functional groups attached to an aromatic ring is 2. The van der Waals surface area contributed by atoms with E-state index in [2.05, 4.69) is 25.4 Å². The molecule has 0 fully saturated rings. The Bertz CT molecular complexity index is 627. The van der Waals surface area contributed by atoms with Gasteiger partial charge in [-0.15, -0.1) is 0 Å². The summed E-state index contributed by atoms with van der Waals surface area (Å²) in [6.07, 6.45) is 0. The van der Waals surface area contributed by atoms with Gasteiger partial charge < -0.3 is 16.1 Å². The van der Waals surface area contributed by atoms with Gasteiger partial charge in [-0.3, -0.25) is 4.79 Å². The second-order valence-electron chi connectivity index (χ2n) is 3.39. The van der Waals surface area contributed by atoms with Crippen LogP contribution in [0, 0.1) is 6.92 Å². The largest absolute Gasteiger partial charge is 0.368 e. The molecule has 94 valence electrons. The van der Waals surface area contributed by atoms with Gasteiger partial charge in [0, 0.05) is 17.8 Å². The van der Waals surface area contributed by atoms with Crippen molar-refractivity contribution in [2.45, 2.75) is 17.1 Å². The molecule has 0 radical (unpaired) electrons. The molecule has 8 nitrogen and oxygen atoms in total. The molecule has 0 aliphatic carbocycles. The van der Waals surface area contributed by atoms with Crippen molar-refractivity contribution in [3.63, 3.8) is 0 Å². The van der Waals surface area contributed by atoms with E-state index in [1.807, 2.05) is 0 Å². The van der Waals surface area contributed by atoms with Crippen LogP contribution >= 0.6 is 11.8 Å². The van der Waals surface area contributed by atoms with Gasteiger partial charge >= 0.3 is 0 Å². The molecule has 9 heteroatoms. The molecule has 18 heavy (non-hydrogen) atoms. The van der Waals surface area contributed by atoms with Crippen molar-refractivity contribution in [2.75, 3.05) is 11.2 Å². The second kappa shape index (κ2) is 5.02. The molecule has 0 spiro atoms. The predicted octanol–water partition coefficient (Wildman–Crippen LogP) is -0.113. The van der Waals surface area contributed by atoms with Crippen molar-refractivity contribution in [2.24, 2.45) is 5.84 Å². The summed E-state index contributed by atoms with van der Waals surface area (Å²) in [5, 5.41) is 0.963. The molecule has 0 atom stereocenters. The molecule has 0 aromatic carbocycles. The summed E-state index contributed by atoms with van der Waals surface area (Å²) in [6.45, 7) is 1.74. The van der Waals surface area contributed by atoms with E-state index in [0.717, 1.165) is 0 Å². The Labute approximate surface area is 106 Å². The van der Waals surface area contributed by atoms with Crippen LogP contribution in [0.5, 0.6) is 0 Å². The first-order valence-electron chi connectivity index (χ1n) is 4.94. The van der Waals surface area contributed by atoms with Gasteiger partial charge in [0.25, 0.3) is 5.56 Å². The number of aromatic nitrogens is 4. The van der Waals surface area contributed by atoms with E-state index in [1.54, 1.807) is 13.0 Å². The Kier molecular flexibility index (Phi) is 3.44. The Morgan fingerprint density at radius 3 is 2.78 bits per heavy atom. The third-order valence-corrected chi connectivity index (χ3v) is 2.72. The lowest BCUT2D eigenvalue weighted by Gasteiger charge is -2.04. The molecule has 2 rings (SSSR count). The number of nitrogens with two attached hydrogens (primary N) is 2. The van der Waals surface area contributed by atoms with Crippen molar-refractivity contribution in [3.05, 3.63) is 28.2 Å². The van der Waals surface area contributed by atoms with E-state index >= 15 is 0 Å². The van der Waals surface area contributed by atoms with Gasteiger partial charge in [0.05, 0.1) is 0 Å².